The van der Waals surface area contributed by atoms with Gasteiger partial charge >= 0.3 is 0 Å². The summed E-state index contributed by atoms with van der Waals surface area (Å²) in [6, 6.07) is 8.93. The SMILES string of the molecule is CCc1ccc(COC2CCCCCC2N)cc1. The minimum Gasteiger partial charge on any atom is -0.372 e. The van der Waals surface area contributed by atoms with Gasteiger partial charge in [0.25, 0.3) is 0 Å². The van der Waals surface area contributed by atoms with Crippen LogP contribution < -0.4 is 5.73 Å². The van der Waals surface area contributed by atoms with Crippen molar-refractivity contribution in [3.63, 3.8) is 0 Å². The van der Waals surface area contributed by atoms with E-state index in [-0.39, 0.29) is 12.1 Å². The van der Waals surface area contributed by atoms with Crippen LogP contribution in [0.4, 0.5) is 0 Å². The van der Waals surface area contributed by atoms with Crippen LogP contribution in [0.25, 0.3) is 0 Å². The first-order valence-electron chi connectivity index (χ1n) is 7.24. The molecule has 1 saturated carbocycles. The number of nitrogens with two attached hydrogens (primary N) is 1. The molecule has 2 heteroatoms. The van der Waals surface area contributed by atoms with Crippen molar-refractivity contribution in [2.45, 2.75) is 64.2 Å². The Morgan fingerprint density at radius 3 is 2.44 bits per heavy atom. The van der Waals surface area contributed by atoms with Gasteiger partial charge in [-0.25, -0.2) is 0 Å². The summed E-state index contributed by atoms with van der Waals surface area (Å²) in [6.45, 7) is 2.87. The molecule has 0 aromatic heterocycles. The van der Waals surface area contributed by atoms with Crippen LogP contribution in [0.1, 0.15) is 50.2 Å². The van der Waals surface area contributed by atoms with Crippen molar-refractivity contribution in [1.82, 2.24) is 0 Å². The van der Waals surface area contributed by atoms with Crippen LogP contribution >= 0.6 is 0 Å². The third-order valence-electron chi connectivity index (χ3n) is 3.90. The molecule has 1 aliphatic carbocycles. The summed E-state index contributed by atoms with van der Waals surface area (Å²) in [7, 11) is 0. The van der Waals surface area contributed by atoms with E-state index in [2.05, 4.69) is 31.2 Å². The van der Waals surface area contributed by atoms with Gasteiger partial charge in [0.05, 0.1) is 12.7 Å². The second kappa shape index (κ2) is 6.91. The van der Waals surface area contributed by atoms with E-state index in [4.69, 9.17) is 10.5 Å². The maximum Gasteiger partial charge on any atom is 0.0730 e. The number of hydrogen-bond donors (Lipinski definition) is 1. The third-order valence-corrected chi connectivity index (χ3v) is 3.90. The zero-order valence-corrected chi connectivity index (χ0v) is 11.4. The average molecular weight is 247 g/mol. The first kappa shape index (κ1) is 13.6. The largest absolute Gasteiger partial charge is 0.372 e. The highest BCUT2D eigenvalue weighted by Gasteiger charge is 2.20. The topological polar surface area (TPSA) is 35.2 Å². The maximum absolute atomic E-state index is 6.16. The number of hydrogen-bond acceptors (Lipinski definition) is 2. The normalized spacial score (nSPS) is 24.8. The van der Waals surface area contributed by atoms with Crippen LogP contribution in [-0.2, 0) is 17.8 Å². The van der Waals surface area contributed by atoms with E-state index in [9.17, 15) is 0 Å². The fourth-order valence-electron chi connectivity index (χ4n) is 2.58. The second-order valence-electron chi connectivity index (χ2n) is 5.32. The molecule has 1 aliphatic rings. The number of ether oxygens (including phenoxy) is 1. The quantitative estimate of drug-likeness (QED) is 0.827. The lowest BCUT2D eigenvalue weighted by Gasteiger charge is -2.21. The molecule has 2 rings (SSSR count). The smallest absolute Gasteiger partial charge is 0.0730 e. The van der Waals surface area contributed by atoms with E-state index in [1.807, 2.05) is 0 Å². The van der Waals surface area contributed by atoms with Crippen LogP contribution in [-0.4, -0.2) is 12.1 Å². The van der Waals surface area contributed by atoms with Gasteiger partial charge < -0.3 is 10.5 Å². The predicted molar refractivity (Wildman–Crippen MR) is 75.5 cm³/mol. The first-order valence-corrected chi connectivity index (χ1v) is 7.24. The van der Waals surface area contributed by atoms with Gasteiger partial charge in [0.15, 0.2) is 0 Å². The van der Waals surface area contributed by atoms with E-state index >= 15 is 0 Å². The molecule has 0 bridgehead atoms. The molecular formula is C16H25NO. The van der Waals surface area contributed by atoms with Crippen molar-refractivity contribution in [2.24, 2.45) is 5.73 Å². The van der Waals surface area contributed by atoms with Crippen LogP contribution in [0.15, 0.2) is 24.3 Å². The predicted octanol–water partition coefficient (Wildman–Crippen LogP) is 3.43. The highest BCUT2D eigenvalue weighted by Crippen LogP contribution is 2.20. The molecule has 0 aliphatic heterocycles. The van der Waals surface area contributed by atoms with Crippen LogP contribution in [0, 0.1) is 0 Å². The van der Waals surface area contributed by atoms with Crippen molar-refractivity contribution in [2.75, 3.05) is 0 Å². The second-order valence-corrected chi connectivity index (χ2v) is 5.32. The van der Waals surface area contributed by atoms with Gasteiger partial charge in [-0.05, 0) is 30.4 Å². The minimum absolute atomic E-state index is 0.224. The lowest BCUT2D eigenvalue weighted by Crippen LogP contribution is -2.35. The minimum atomic E-state index is 0.224. The molecule has 1 aromatic rings. The highest BCUT2D eigenvalue weighted by molar-refractivity contribution is 5.21. The lowest BCUT2D eigenvalue weighted by atomic mass is 10.1. The van der Waals surface area contributed by atoms with Crippen molar-refractivity contribution >= 4 is 0 Å². The van der Waals surface area contributed by atoms with E-state index in [0.29, 0.717) is 6.61 Å². The Balaban J connectivity index is 1.85. The summed E-state index contributed by atoms with van der Waals surface area (Å²) >= 11 is 0. The number of benzene rings is 1. The Morgan fingerprint density at radius 2 is 1.72 bits per heavy atom. The average Bonchev–Trinajstić information content (AvgIpc) is 2.62. The summed E-state index contributed by atoms with van der Waals surface area (Å²) in [5.74, 6) is 0. The first-order chi connectivity index (χ1) is 8.79. The molecule has 2 N–H and O–H groups in total. The molecule has 18 heavy (non-hydrogen) atoms. The molecule has 0 saturated heterocycles. The molecule has 2 nitrogen and oxygen atoms in total. The summed E-state index contributed by atoms with van der Waals surface area (Å²) < 4.78 is 6.01. The Labute approximate surface area is 111 Å². The Kier molecular flexibility index (Phi) is 5.21. The van der Waals surface area contributed by atoms with Crippen molar-refractivity contribution in [3.05, 3.63) is 35.4 Å². The Morgan fingerprint density at radius 1 is 1.06 bits per heavy atom. The maximum atomic E-state index is 6.16. The molecular weight excluding hydrogens is 222 g/mol. The molecule has 2 atom stereocenters. The standard InChI is InChI=1S/C16H25NO/c1-2-13-8-10-14(11-9-13)12-18-16-7-5-3-4-6-15(16)17/h8-11,15-16H,2-7,12,17H2,1H3. The highest BCUT2D eigenvalue weighted by atomic mass is 16.5. The molecule has 2 unspecified atom stereocenters. The molecule has 0 radical (unpaired) electrons. The zero-order valence-electron chi connectivity index (χ0n) is 11.4. The molecule has 0 amide bonds. The van der Waals surface area contributed by atoms with Gasteiger partial charge in [-0.1, -0.05) is 50.5 Å². The van der Waals surface area contributed by atoms with E-state index in [1.54, 1.807) is 0 Å². The van der Waals surface area contributed by atoms with E-state index < -0.39 is 0 Å². The van der Waals surface area contributed by atoms with Gasteiger partial charge in [0.1, 0.15) is 0 Å². The fourth-order valence-corrected chi connectivity index (χ4v) is 2.58. The van der Waals surface area contributed by atoms with Crippen LogP contribution in [0.3, 0.4) is 0 Å². The van der Waals surface area contributed by atoms with Crippen molar-refractivity contribution < 1.29 is 4.74 Å². The van der Waals surface area contributed by atoms with Gasteiger partial charge in [0, 0.05) is 6.04 Å². The monoisotopic (exact) mass is 247 g/mol. The summed E-state index contributed by atoms with van der Waals surface area (Å²) in [5.41, 5.74) is 8.80. The van der Waals surface area contributed by atoms with Gasteiger partial charge in [-0.3, -0.25) is 0 Å². The fraction of sp³-hybridized carbons (Fsp3) is 0.625. The molecule has 1 fully saturated rings. The van der Waals surface area contributed by atoms with Gasteiger partial charge in [0.2, 0.25) is 0 Å². The van der Waals surface area contributed by atoms with Crippen LogP contribution in [0.5, 0.6) is 0 Å². The van der Waals surface area contributed by atoms with Crippen molar-refractivity contribution in [3.8, 4) is 0 Å². The van der Waals surface area contributed by atoms with Crippen molar-refractivity contribution in [1.29, 1.82) is 0 Å². The summed E-state index contributed by atoms with van der Waals surface area (Å²) in [4.78, 5) is 0. The van der Waals surface area contributed by atoms with Gasteiger partial charge in [-0.2, -0.15) is 0 Å². The Bertz CT molecular complexity index is 347. The third kappa shape index (κ3) is 3.82. The van der Waals surface area contributed by atoms with E-state index in [0.717, 1.165) is 19.3 Å². The summed E-state index contributed by atoms with van der Waals surface area (Å²) in [5, 5.41) is 0. The van der Waals surface area contributed by atoms with Crippen LogP contribution in [0.2, 0.25) is 0 Å². The number of rotatable bonds is 4. The Hall–Kier alpha value is -0.860. The molecule has 1 aromatic carbocycles. The molecule has 100 valence electrons. The molecule has 0 spiro atoms. The lowest BCUT2D eigenvalue weighted by molar-refractivity contribution is 0.0194. The summed E-state index contributed by atoms with van der Waals surface area (Å²) in [6.07, 6.45) is 7.39. The van der Waals surface area contributed by atoms with E-state index in [1.165, 1.54) is 30.4 Å². The zero-order chi connectivity index (χ0) is 12.8. The number of aryl methyl sites for hydroxylation is 1. The van der Waals surface area contributed by atoms with Gasteiger partial charge in [-0.15, -0.1) is 0 Å². The molecule has 0 heterocycles.